The molecule has 0 atom stereocenters. The molecular formula is C31H40ClFN4O2. The minimum absolute atomic E-state index is 0.251. The average Bonchev–Trinajstić information content (AvgIpc) is 2.85. The Bertz CT molecular complexity index is 1240. The van der Waals surface area contributed by atoms with Crippen LogP contribution in [0.2, 0.25) is 5.02 Å². The molecular weight excluding hydrogens is 515 g/mol. The molecule has 1 aromatic carbocycles. The maximum atomic E-state index is 13.6. The standard InChI is InChI=1S/C31H40ClFN4O2/c1-22-18-24(32)19-36-27(22)20-37(17-8-7-15-35-29(38)39-30(2,3)4)21-28-26(10-9-16-34-28)31(5,6)23-11-13-25(33)14-12-23/h9-14,16,18-19H,7-8,15,17,20-21H2,1-6H3,(H,35,38). The first-order valence-electron chi connectivity index (χ1n) is 13.4. The second kappa shape index (κ2) is 13.4. The van der Waals surface area contributed by atoms with Crippen LogP contribution in [0.1, 0.15) is 75.5 Å². The summed E-state index contributed by atoms with van der Waals surface area (Å²) in [4.78, 5) is 23.7. The third kappa shape index (κ3) is 9.29. The number of pyridine rings is 2. The number of carbonyl (C=O) groups is 1. The van der Waals surface area contributed by atoms with Crippen LogP contribution in [0.3, 0.4) is 0 Å². The van der Waals surface area contributed by atoms with Gasteiger partial charge in [0.2, 0.25) is 0 Å². The molecule has 0 radical (unpaired) electrons. The van der Waals surface area contributed by atoms with Crippen molar-refractivity contribution in [2.24, 2.45) is 0 Å². The van der Waals surface area contributed by atoms with Gasteiger partial charge in [-0.1, -0.05) is 43.6 Å². The third-order valence-corrected chi connectivity index (χ3v) is 6.81. The Morgan fingerprint density at radius 1 is 1.03 bits per heavy atom. The highest BCUT2D eigenvalue weighted by molar-refractivity contribution is 6.30. The van der Waals surface area contributed by atoms with E-state index in [-0.39, 0.29) is 11.2 Å². The Hall–Kier alpha value is -3.03. The van der Waals surface area contributed by atoms with E-state index >= 15 is 0 Å². The molecule has 1 N–H and O–H groups in total. The van der Waals surface area contributed by atoms with Gasteiger partial charge in [-0.3, -0.25) is 14.9 Å². The molecule has 210 valence electrons. The molecule has 6 nitrogen and oxygen atoms in total. The molecule has 3 aromatic rings. The number of rotatable bonds is 11. The van der Waals surface area contributed by atoms with E-state index in [4.69, 9.17) is 21.3 Å². The second-order valence-electron chi connectivity index (χ2n) is 11.4. The first-order chi connectivity index (χ1) is 18.3. The van der Waals surface area contributed by atoms with Crippen molar-refractivity contribution in [2.45, 2.75) is 78.5 Å². The van der Waals surface area contributed by atoms with E-state index in [0.717, 1.165) is 47.5 Å². The van der Waals surface area contributed by atoms with Gasteiger partial charge in [0, 0.05) is 37.4 Å². The molecule has 0 saturated heterocycles. The van der Waals surface area contributed by atoms with Gasteiger partial charge in [0.25, 0.3) is 0 Å². The van der Waals surface area contributed by atoms with Gasteiger partial charge in [0.15, 0.2) is 0 Å². The van der Waals surface area contributed by atoms with Crippen LogP contribution in [0.25, 0.3) is 0 Å². The summed E-state index contributed by atoms with van der Waals surface area (Å²) in [5.74, 6) is -0.251. The fourth-order valence-corrected chi connectivity index (χ4v) is 4.70. The summed E-state index contributed by atoms with van der Waals surface area (Å²) < 4.78 is 18.9. The summed E-state index contributed by atoms with van der Waals surface area (Å²) in [7, 11) is 0. The number of benzene rings is 1. The predicted octanol–water partition coefficient (Wildman–Crippen LogP) is 7.21. The SMILES string of the molecule is Cc1cc(Cl)cnc1CN(CCCCNC(=O)OC(C)(C)C)Cc1ncccc1C(C)(C)c1ccc(F)cc1. The zero-order valence-electron chi connectivity index (χ0n) is 23.9. The van der Waals surface area contributed by atoms with E-state index in [1.165, 1.54) is 12.1 Å². The van der Waals surface area contributed by atoms with Crippen molar-refractivity contribution in [1.29, 1.82) is 0 Å². The highest BCUT2D eigenvalue weighted by Crippen LogP contribution is 2.33. The van der Waals surface area contributed by atoms with Crippen molar-refractivity contribution in [2.75, 3.05) is 13.1 Å². The molecule has 0 fully saturated rings. The van der Waals surface area contributed by atoms with Gasteiger partial charge in [-0.05, 0) is 88.0 Å². The monoisotopic (exact) mass is 554 g/mol. The smallest absolute Gasteiger partial charge is 0.407 e. The molecule has 0 aliphatic heterocycles. The van der Waals surface area contributed by atoms with Gasteiger partial charge < -0.3 is 10.1 Å². The van der Waals surface area contributed by atoms with Crippen LogP contribution in [-0.4, -0.2) is 39.7 Å². The lowest BCUT2D eigenvalue weighted by molar-refractivity contribution is 0.0526. The van der Waals surface area contributed by atoms with Crippen LogP contribution in [-0.2, 0) is 23.2 Å². The molecule has 0 aliphatic carbocycles. The molecule has 0 bridgehead atoms. The average molecular weight is 555 g/mol. The maximum absolute atomic E-state index is 13.6. The maximum Gasteiger partial charge on any atom is 0.407 e. The van der Waals surface area contributed by atoms with Crippen molar-refractivity contribution in [3.63, 3.8) is 0 Å². The molecule has 2 heterocycles. The van der Waals surface area contributed by atoms with Crippen molar-refractivity contribution >= 4 is 17.7 Å². The third-order valence-electron chi connectivity index (χ3n) is 6.60. The van der Waals surface area contributed by atoms with Crippen LogP contribution in [0, 0.1) is 12.7 Å². The minimum Gasteiger partial charge on any atom is -0.444 e. The van der Waals surface area contributed by atoms with E-state index in [1.807, 2.05) is 58.2 Å². The highest BCUT2D eigenvalue weighted by atomic mass is 35.5. The number of unbranched alkanes of at least 4 members (excludes halogenated alkanes) is 1. The summed E-state index contributed by atoms with van der Waals surface area (Å²) in [6, 6.07) is 12.6. The Morgan fingerprint density at radius 2 is 1.72 bits per heavy atom. The van der Waals surface area contributed by atoms with Gasteiger partial charge in [0.1, 0.15) is 11.4 Å². The molecule has 1 amide bonds. The topological polar surface area (TPSA) is 67.4 Å². The molecule has 39 heavy (non-hydrogen) atoms. The molecule has 3 rings (SSSR count). The number of aromatic nitrogens is 2. The van der Waals surface area contributed by atoms with Crippen molar-refractivity contribution in [3.05, 3.63) is 93.8 Å². The molecule has 0 spiro atoms. The lowest BCUT2D eigenvalue weighted by Gasteiger charge is -2.30. The van der Waals surface area contributed by atoms with Crippen molar-refractivity contribution < 1.29 is 13.9 Å². The Labute approximate surface area is 237 Å². The molecule has 0 unspecified atom stereocenters. The summed E-state index contributed by atoms with van der Waals surface area (Å²) >= 11 is 6.15. The number of nitrogens with one attached hydrogen (secondary N) is 1. The highest BCUT2D eigenvalue weighted by Gasteiger charge is 2.27. The van der Waals surface area contributed by atoms with E-state index in [9.17, 15) is 9.18 Å². The molecule has 2 aromatic heterocycles. The summed E-state index contributed by atoms with van der Waals surface area (Å²) in [6.45, 7) is 14.4. The number of aryl methyl sites for hydroxylation is 1. The van der Waals surface area contributed by atoms with E-state index in [0.29, 0.717) is 24.7 Å². The lowest BCUT2D eigenvalue weighted by atomic mass is 9.77. The van der Waals surface area contributed by atoms with Gasteiger partial charge in [0.05, 0.1) is 16.4 Å². The van der Waals surface area contributed by atoms with E-state index < -0.39 is 11.7 Å². The summed E-state index contributed by atoms with van der Waals surface area (Å²) in [5, 5.41) is 3.45. The van der Waals surface area contributed by atoms with Crippen LogP contribution in [0.5, 0.6) is 0 Å². The number of hydrogen-bond donors (Lipinski definition) is 1. The first-order valence-corrected chi connectivity index (χ1v) is 13.7. The van der Waals surface area contributed by atoms with Gasteiger partial charge in [-0.2, -0.15) is 0 Å². The van der Waals surface area contributed by atoms with Crippen LogP contribution >= 0.6 is 11.6 Å². The number of carbonyl (C=O) groups excluding carboxylic acids is 1. The van der Waals surface area contributed by atoms with Crippen LogP contribution in [0.15, 0.2) is 54.9 Å². The number of hydrogen-bond acceptors (Lipinski definition) is 5. The number of amides is 1. The number of alkyl carbamates (subject to hydrolysis) is 1. The van der Waals surface area contributed by atoms with Crippen LogP contribution < -0.4 is 5.32 Å². The normalized spacial score (nSPS) is 12.0. The first kappa shape index (κ1) is 30.5. The van der Waals surface area contributed by atoms with Crippen molar-refractivity contribution in [3.8, 4) is 0 Å². The quantitative estimate of drug-likeness (QED) is 0.254. The van der Waals surface area contributed by atoms with Gasteiger partial charge >= 0.3 is 6.09 Å². The van der Waals surface area contributed by atoms with E-state index in [1.54, 1.807) is 6.20 Å². The van der Waals surface area contributed by atoms with Crippen molar-refractivity contribution in [1.82, 2.24) is 20.2 Å². The Kier molecular flexibility index (Phi) is 10.4. The lowest BCUT2D eigenvalue weighted by Crippen LogP contribution is -2.33. The fourth-order valence-electron chi connectivity index (χ4n) is 4.49. The number of ether oxygens (including phenoxy) is 1. The molecule has 0 aliphatic rings. The Balaban J connectivity index is 1.76. The Morgan fingerprint density at radius 3 is 2.38 bits per heavy atom. The summed E-state index contributed by atoms with van der Waals surface area (Å²) in [6.07, 6.45) is 4.76. The minimum atomic E-state index is -0.521. The zero-order valence-corrected chi connectivity index (χ0v) is 24.6. The largest absolute Gasteiger partial charge is 0.444 e. The fraction of sp³-hybridized carbons (Fsp3) is 0.452. The number of halogens is 2. The summed E-state index contributed by atoms with van der Waals surface area (Å²) in [5.41, 5.74) is 4.18. The molecule has 8 heteroatoms. The zero-order chi connectivity index (χ0) is 28.6. The van der Waals surface area contributed by atoms with E-state index in [2.05, 4.69) is 35.1 Å². The van der Waals surface area contributed by atoms with Gasteiger partial charge in [-0.25, -0.2) is 9.18 Å². The second-order valence-corrected chi connectivity index (χ2v) is 11.8. The molecule has 0 saturated carbocycles. The predicted molar refractivity (Wildman–Crippen MR) is 154 cm³/mol. The van der Waals surface area contributed by atoms with Crippen LogP contribution in [0.4, 0.5) is 9.18 Å². The number of nitrogens with zero attached hydrogens (tertiary/aromatic N) is 3. The van der Waals surface area contributed by atoms with Gasteiger partial charge in [-0.15, -0.1) is 0 Å².